The van der Waals surface area contributed by atoms with Crippen LogP contribution in [0.1, 0.15) is 22.5 Å². The molecule has 1 amide bonds. The van der Waals surface area contributed by atoms with Crippen LogP contribution in [-0.4, -0.2) is 30.0 Å². The molecule has 22 heavy (non-hydrogen) atoms. The molecule has 1 aromatic carbocycles. The Morgan fingerprint density at radius 1 is 1.36 bits per heavy atom. The minimum Gasteiger partial charge on any atom is -0.382 e. The zero-order chi connectivity index (χ0) is 15.4. The van der Waals surface area contributed by atoms with Gasteiger partial charge in [-0.3, -0.25) is 4.79 Å². The predicted molar refractivity (Wildman–Crippen MR) is 89.6 cm³/mol. The molecule has 1 aliphatic heterocycles. The van der Waals surface area contributed by atoms with E-state index in [1.54, 1.807) is 0 Å². The number of piperidine rings is 1. The third-order valence-corrected chi connectivity index (χ3v) is 4.50. The van der Waals surface area contributed by atoms with Crippen LogP contribution in [0.5, 0.6) is 0 Å². The number of amides is 1. The molecule has 0 bridgehead atoms. The van der Waals surface area contributed by atoms with E-state index in [9.17, 15) is 4.79 Å². The zero-order valence-electron chi connectivity index (χ0n) is 12.1. The molecule has 1 fully saturated rings. The summed E-state index contributed by atoms with van der Waals surface area (Å²) in [6.07, 6.45) is 2.07. The van der Waals surface area contributed by atoms with Gasteiger partial charge in [0.1, 0.15) is 10.7 Å². The van der Waals surface area contributed by atoms with E-state index in [1.807, 2.05) is 30.3 Å². The number of aromatic nitrogens is 1. The van der Waals surface area contributed by atoms with Gasteiger partial charge >= 0.3 is 0 Å². The van der Waals surface area contributed by atoms with Gasteiger partial charge in [0, 0.05) is 18.3 Å². The Morgan fingerprint density at radius 3 is 2.91 bits per heavy atom. The summed E-state index contributed by atoms with van der Waals surface area (Å²) in [4.78, 5) is 17.0. The van der Waals surface area contributed by atoms with Crippen molar-refractivity contribution in [2.75, 3.05) is 24.1 Å². The zero-order valence-corrected chi connectivity index (χ0v) is 13.0. The molecule has 0 unspecified atom stereocenters. The molecule has 1 saturated heterocycles. The minimum atomic E-state index is -0.148. The third-order valence-electron chi connectivity index (χ3n) is 3.52. The maximum atomic E-state index is 12.3. The van der Waals surface area contributed by atoms with Crippen molar-refractivity contribution in [1.29, 1.82) is 0 Å². The molecule has 2 heterocycles. The maximum absolute atomic E-state index is 12.3. The number of nitrogen functional groups attached to an aromatic ring is 1. The van der Waals surface area contributed by atoms with Crippen LogP contribution in [0.2, 0.25) is 0 Å². The van der Waals surface area contributed by atoms with Gasteiger partial charge in [-0.1, -0.05) is 29.5 Å². The average Bonchev–Trinajstić information content (AvgIpc) is 2.90. The van der Waals surface area contributed by atoms with Crippen molar-refractivity contribution >= 4 is 33.9 Å². The van der Waals surface area contributed by atoms with Crippen molar-refractivity contribution in [2.45, 2.75) is 18.9 Å². The molecule has 2 aromatic rings. The van der Waals surface area contributed by atoms with Crippen LogP contribution in [-0.2, 0) is 0 Å². The van der Waals surface area contributed by atoms with E-state index in [0.717, 1.165) is 31.6 Å². The maximum Gasteiger partial charge on any atom is 0.265 e. The lowest BCUT2D eigenvalue weighted by molar-refractivity contribution is 0.0935. The fourth-order valence-corrected chi connectivity index (χ4v) is 3.23. The number of thiazole rings is 1. The van der Waals surface area contributed by atoms with Crippen LogP contribution in [0.15, 0.2) is 30.3 Å². The Hall–Kier alpha value is -2.12. The fourth-order valence-electron chi connectivity index (χ4n) is 2.42. The minimum absolute atomic E-state index is 0.148. The number of nitrogens with one attached hydrogen (secondary N) is 3. The van der Waals surface area contributed by atoms with Gasteiger partial charge in [0.25, 0.3) is 5.91 Å². The fraction of sp³-hybridized carbons (Fsp3) is 0.333. The monoisotopic (exact) mass is 317 g/mol. The number of nitrogens with zero attached hydrogens (tertiary/aromatic N) is 1. The number of nitrogens with two attached hydrogens (primary N) is 1. The Balaban J connectivity index is 1.67. The molecule has 0 spiro atoms. The third kappa shape index (κ3) is 3.55. The molecule has 3 rings (SSSR count). The van der Waals surface area contributed by atoms with Crippen molar-refractivity contribution in [2.24, 2.45) is 0 Å². The SMILES string of the molecule is Nc1nc(Nc2ccccc2)sc1C(=O)N[C@@H]1CCCNC1. The van der Waals surface area contributed by atoms with Crippen molar-refractivity contribution in [3.05, 3.63) is 35.2 Å². The van der Waals surface area contributed by atoms with Crippen molar-refractivity contribution in [3.8, 4) is 0 Å². The molecule has 1 atom stereocenters. The first-order valence-corrected chi connectivity index (χ1v) is 8.14. The smallest absolute Gasteiger partial charge is 0.265 e. The van der Waals surface area contributed by atoms with Gasteiger partial charge in [-0.15, -0.1) is 0 Å². The Bertz CT molecular complexity index is 637. The summed E-state index contributed by atoms with van der Waals surface area (Å²) in [5, 5.41) is 10.1. The van der Waals surface area contributed by atoms with E-state index >= 15 is 0 Å². The van der Waals surface area contributed by atoms with Crippen LogP contribution in [0.25, 0.3) is 0 Å². The number of hydrogen-bond acceptors (Lipinski definition) is 6. The summed E-state index contributed by atoms with van der Waals surface area (Å²) in [6.45, 7) is 1.82. The number of para-hydroxylation sites is 1. The number of rotatable bonds is 4. The van der Waals surface area contributed by atoms with E-state index in [2.05, 4.69) is 20.9 Å². The van der Waals surface area contributed by atoms with Gasteiger partial charge in [0.05, 0.1) is 0 Å². The van der Waals surface area contributed by atoms with Crippen LogP contribution >= 0.6 is 11.3 Å². The van der Waals surface area contributed by atoms with Gasteiger partial charge < -0.3 is 21.7 Å². The second kappa shape index (κ2) is 6.76. The molecular formula is C15H19N5OS. The molecule has 116 valence electrons. The standard InChI is InChI=1S/C15H19N5OS/c16-13-12(14(21)18-11-7-4-8-17-9-11)22-15(20-13)19-10-5-2-1-3-6-10/h1-3,5-6,11,17H,4,7-9,16H2,(H,18,21)(H,19,20)/t11-/m1/s1. The second-order valence-electron chi connectivity index (χ2n) is 5.24. The average molecular weight is 317 g/mol. The molecule has 0 radical (unpaired) electrons. The molecular weight excluding hydrogens is 298 g/mol. The van der Waals surface area contributed by atoms with Crippen molar-refractivity contribution < 1.29 is 4.79 Å². The summed E-state index contributed by atoms with van der Waals surface area (Å²) < 4.78 is 0. The summed E-state index contributed by atoms with van der Waals surface area (Å²) >= 11 is 1.27. The first-order chi connectivity index (χ1) is 10.7. The Labute approximate surface area is 133 Å². The molecule has 1 aliphatic rings. The molecule has 1 aromatic heterocycles. The first-order valence-electron chi connectivity index (χ1n) is 7.32. The predicted octanol–water partition coefficient (Wildman–Crippen LogP) is 1.95. The lowest BCUT2D eigenvalue weighted by Gasteiger charge is -2.23. The first kappa shape index (κ1) is 14.8. The molecule has 6 nitrogen and oxygen atoms in total. The number of hydrogen-bond donors (Lipinski definition) is 4. The van der Waals surface area contributed by atoms with Crippen LogP contribution < -0.4 is 21.7 Å². The number of carbonyl (C=O) groups is 1. The quantitative estimate of drug-likeness (QED) is 0.692. The van der Waals surface area contributed by atoms with Gasteiger partial charge in [-0.2, -0.15) is 0 Å². The highest BCUT2D eigenvalue weighted by Crippen LogP contribution is 2.27. The largest absolute Gasteiger partial charge is 0.382 e. The molecule has 5 N–H and O–H groups in total. The molecule has 0 aliphatic carbocycles. The summed E-state index contributed by atoms with van der Waals surface area (Å²) in [5.41, 5.74) is 6.80. The summed E-state index contributed by atoms with van der Waals surface area (Å²) in [5.74, 6) is 0.120. The van der Waals surface area contributed by atoms with E-state index in [1.165, 1.54) is 11.3 Å². The van der Waals surface area contributed by atoms with Gasteiger partial charge in [0.15, 0.2) is 5.13 Å². The van der Waals surface area contributed by atoms with Crippen LogP contribution in [0.4, 0.5) is 16.6 Å². The highest BCUT2D eigenvalue weighted by molar-refractivity contribution is 7.18. The van der Waals surface area contributed by atoms with Gasteiger partial charge in [0.2, 0.25) is 0 Å². The Kier molecular flexibility index (Phi) is 4.55. The van der Waals surface area contributed by atoms with E-state index in [4.69, 9.17) is 5.73 Å². The Morgan fingerprint density at radius 2 is 2.18 bits per heavy atom. The van der Waals surface area contributed by atoms with Crippen LogP contribution in [0, 0.1) is 0 Å². The van der Waals surface area contributed by atoms with Gasteiger partial charge in [-0.25, -0.2) is 4.98 Å². The van der Waals surface area contributed by atoms with Crippen molar-refractivity contribution in [3.63, 3.8) is 0 Å². The number of benzene rings is 1. The topological polar surface area (TPSA) is 92.1 Å². The van der Waals surface area contributed by atoms with E-state index in [0.29, 0.717) is 10.0 Å². The number of carbonyl (C=O) groups excluding carboxylic acids is 1. The van der Waals surface area contributed by atoms with Crippen LogP contribution in [0.3, 0.4) is 0 Å². The van der Waals surface area contributed by atoms with Crippen molar-refractivity contribution in [1.82, 2.24) is 15.6 Å². The van der Waals surface area contributed by atoms with Gasteiger partial charge in [-0.05, 0) is 31.5 Å². The highest BCUT2D eigenvalue weighted by atomic mass is 32.1. The molecule has 7 heteroatoms. The second-order valence-corrected chi connectivity index (χ2v) is 6.24. The lowest BCUT2D eigenvalue weighted by Crippen LogP contribution is -2.45. The lowest BCUT2D eigenvalue weighted by atomic mass is 10.1. The summed E-state index contributed by atoms with van der Waals surface area (Å²) in [6, 6.07) is 9.84. The highest BCUT2D eigenvalue weighted by Gasteiger charge is 2.20. The number of anilines is 3. The van der Waals surface area contributed by atoms with E-state index < -0.39 is 0 Å². The molecule has 0 saturated carbocycles. The normalized spacial score (nSPS) is 17.9. The van der Waals surface area contributed by atoms with E-state index in [-0.39, 0.29) is 17.8 Å². The summed E-state index contributed by atoms with van der Waals surface area (Å²) in [7, 11) is 0.